The Balaban J connectivity index is 2.85. The summed E-state index contributed by atoms with van der Waals surface area (Å²) in [5.74, 6) is 0.609. The molecule has 0 aromatic carbocycles. The van der Waals surface area contributed by atoms with Crippen molar-refractivity contribution in [2.24, 2.45) is 22.5 Å². The summed E-state index contributed by atoms with van der Waals surface area (Å²) in [5.41, 5.74) is 6.36. The molecule has 0 unspecified atom stereocenters. The quantitative estimate of drug-likeness (QED) is 0.779. The monoisotopic (exact) mass is 283 g/mol. The molecule has 1 rings (SSSR count). The number of hydrogen-bond donors (Lipinski definition) is 1. The first-order chi connectivity index (χ1) is 9.08. The van der Waals surface area contributed by atoms with Gasteiger partial charge in [0.1, 0.15) is 0 Å². The molecule has 118 valence electrons. The third kappa shape index (κ3) is 3.55. The summed E-state index contributed by atoms with van der Waals surface area (Å²) in [4.78, 5) is 11.8. The van der Waals surface area contributed by atoms with Crippen LogP contribution in [0.4, 0.5) is 0 Å². The minimum Gasteiger partial charge on any atom is -0.469 e. The van der Waals surface area contributed by atoms with E-state index in [0.717, 1.165) is 18.8 Å². The van der Waals surface area contributed by atoms with Gasteiger partial charge in [-0.1, -0.05) is 27.2 Å². The predicted molar refractivity (Wildman–Crippen MR) is 83.4 cm³/mol. The van der Waals surface area contributed by atoms with E-state index < -0.39 is 0 Å². The fourth-order valence-corrected chi connectivity index (χ4v) is 3.64. The van der Waals surface area contributed by atoms with E-state index in [2.05, 4.69) is 34.6 Å². The van der Waals surface area contributed by atoms with Gasteiger partial charge >= 0.3 is 5.97 Å². The maximum absolute atomic E-state index is 11.8. The van der Waals surface area contributed by atoms with Gasteiger partial charge in [-0.05, 0) is 56.3 Å². The zero-order valence-electron chi connectivity index (χ0n) is 14.2. The molecule has 0 amide bonds. The smallest absolute Gasteiger partial charge is 0.306 e. The lowest BCUT2D eigenvalue weighted by molar-refractivity contribution is -0.146. The standard InChI is InChI=1S/C17H33NO2/c1-7-15(2,3)13-8-10-17(11-9-13,16(4,5)18)12-14(19)20-6/h13H,7-12,18H2,1-6H3. The summed E-state index contributed by atoms with van der Waals surface area (Å²) in [5, 5.41) is 0. The van der Waals surface area contributed by atoms with Crippen LogP contribution < -0.4 is 5.73 Å². The van der Waals surface area contributed by atoms with Crippen molar-refractivity contribution in [2.75, 3.05) is 7.11 Å². The molecule has 0 aliphatic heterocycles. The van der Waals surface area contributed by atoms with E-state index >= 15 is 0 Å². The number of hydrogen-bond acceptors (Lipinski definition) is 3. The van der Waals surface area contributed by atoms with Crippen molar-refractivity contribution in [3.8, 4) is 0 Å². The van der Waals surface area contributed by atoms with Gasteiger partial charge in [0.25, 0.3) is 0 Å². The van der Waals surface area contributed by atoms with Gasteiger partial charge in [0, 0.05) is 5.54 Å². The summed E-state index contributed by atoms with van der Waals surface area (Å²) in [6.07, 6.45) is 6.04. The van der Waals surface area contributed by atoms with Crippen LogP contribution in [0.15, 0.2) is 0 Å². The molecule has 0 spiro atoms. The van der Waals surface area contributed by atoms with Crippen molar-refractivity contribution in [1.29, 1.82) is 0 Å². The van der Waals surface area contributed by atoms with E-state index in [0.29, 0.717) is 11.8 Å². The second kappa shape index (κ2) is 6.05. The van der Waals surface area contributed by atoms with Gasteiger partial charge in [-0.15, -0.1) is 0 Å². The molecule has 3 nitrogen and oxygen atoms in total. The lowest BCUT2D eigenvalue weighted by atomic mass is 9.56. The van der Waals surface area contributed by atoms with Crippen molar-refractivity contribution in [3.63, 3.8) is 0 Å². The molecular formula is C17H33NO2. The topological polar surface area (TPSA) is 52.3 Å². The fourth-order valence-electron chi connectivity index (χ4n) is 3.64. The molecule has 3 heteroatoms. The molecule has 2 N–H and O–H groups in total. The molecule has 1 aliphatic carbocycles. The number of carbonyl (C=O) groups excluding carboxylic acids is 1. The van der Waals surface area contributed by atoms with Crippen molar-refractivity contribution in [1.82, 2.24) is 0 Å². The molecule has 0 aromatic heterocycles. The first kappa shape index (κ1) is 17.5. The van der Waals surface area contributed by atoms with Crippen molar-refractivity contribution in [2.45, 2.75) is 78.7 Å². The summed E-state index contributed by atoms with van der Waals surface area (Å²) >= 11 is 0. The van der Waals surface area contributed by atoms with Crippen LogP contribution in [0.5, 0.6) is 0 Å². The Morgan fingerprint density at radius 1 is 1.25 bits per heavy atom. The maximum atomic E-state index is 11.8. The normalized spacial score (nSPS) is 28.2. The van der Waals surface area contributed by atoms with Crippen LogP contribution in [0.3, 0.4) is 0 Å². The van der Waals surface area contributed by atoms with E-state index in [9.17, 15) is 4.79 Å². The Bertz CT molecular complexity index is 333. The summed E-state index contributed by atoms with van der Waals surface area (Å²) < 4.78 is 4.89. The number of carbonyl (C=O) groups is 1. The lowest BCUT2D eigenvalue weighted by Crippen LogP contribution is -2.54. The summed E-state index contributed by atoms with van der Waals surface area (Å²) in [7, 11) is 1.46. The van der Waals surface area contributed by atoms with E-state index in [4.69, 9.17) is 10.5 Å². The van der Waals surface area contributed by atoms with Crippen LogP contribution in [-0.2, 0) is 9.53 Å². The molecule has 1 fully saturated rings. The molecule has 0 aromatic rings. The molecule has 0 bridgehead atoms. The summed E-state index contributed by atoms with van der Waals surface area (Å²) in [6.45, 7) is 11.1. The predicted octanol–water partition coefficient (Wildman–Crippen LogP) is 3.90. The average molecular weight is 283 g/mol. The van der Waals surface area contributed by atoms with Crippen molar-refractivity contribution >= 4 is 5.97 Å². The van der Waals surface area contributed by atoms with Crippen LogP contribution in [0.2, 0.25) is 0 Å². The fraction of sp³-hybridized carbons (Fsp3) is 0.941. The van der Waals surface area contributed by atoms with Gasteiger partial charge in [0.05, 0.1) is 13.5 Å². The maximum Gasteiger partial charge on any atom is 0.306 e. The van der Waals surface area contributed by atoms with Crippen LogP contribution in [0.25, 0.3) is 0 Å². The molecule has 0 radical (unpaired) electrons. The van der Waals surface area contributed by atoms with Crippen LogP contribution in [-0.4, -0.2) is 18.6 Å². The second-order valence-corrected chi connectivity index (χ2v) is 7.87. The molecular weight excluding hydrogens is 250 g/mol. The van der Waals surface area contributed by atoms with E-state index in [1.807, 2.05) is 0 Å². The Hall–Kier alpha value is -0.570. The van der Waals surface area contributed by atoms with Crippen LogP contribution >= 0.6 is 0 Å². The second-order valence-electron chi connectivity index (χ2n) is 7.87. The Labute approximate surface area is 124 Å². The highest BCUT2D eigenvalue weighted by atomic mass is 16.5. The van der Waals surface area contributed by atoms with Gasteiger partial charge in [0.15, 0.2) is 0 Å². The number of esters is 1. The molecule has 0 saturated heterocycles. The molecule has 1 saturated carbocycles. The minimum absolute atomic E-state index is 0.111. The number of rotatable bonds is 5. The number of methoxy groups -OCH3 is 1. The van der Waals surface area contributed by atoms with Crippen LogP contribution in [0.1, 0.15) is 73.1 Å². The zero-order chi connectivity index (χ0) is 15.6. The summed E-state index contributed by atoms with van der Waals surface area (Å²) in [6, 6.07) is 0. The third-order valence-electron chi connectivity index (χ3n) is 6.04. The first-order valence-electron chi connectivity index (χ1n) is 7.94. The SMILES string of the molecule is CCC(C)(C)C1CCC(CC(=O)OC)(C(C)(C)N)CC1. The minimum atomic E-state index is -0.345. The third-order valence-corrected chi connectivity index (χ3v) is 6.04. The molecule has 1 aliphatic rings. The first-order valence-corrected chi connectivity index (χ1v) is 7.94. The Kier molecular flexibility index (Phi) is 5.29. The van der Waals surface area contributed by atoms with Gasteiger partial charge in [-0.25, -0.2) is 0 Å². The Morgan fingerprint density at radius 3 is 2.10 bits per heavy atom. The van der Waals surface area contributed by atoms with Crippen molar-refractivity contribution < 1.29 is 9.53 Å². The number of nitrogens with two attached hydrogens (primary N) is 1. The highest BCUT2D eigenvalue weighted by Crippen LogP contribution is 2.52. The zero-order valence-corrected chi connectivity index (χ0v) is 14.2. The molecule has 0 atom stereocenters. The van der Waals surface area contributed by atoms with Gasteiger partial charge < -0.3 is 10.5 Å². The van der Waals surface area contributed by atoms with Gasteiger partial charge in [-0.3, -0.25) is 4.79 Å². The van der Waals surface area contributed by atoms with E-state index in [-0.39, 0.29) is 16.9 Å². The van der Waals surface area contributed by atoms with E-state index in [1.165, 1.54) is 26.4 Å². The number of ether oxygens (including phenoxy) is 1. The van der Waals surface area contributed by atoms with Crippen LogP contribution in [0, 0.1) is 16.7 Å². The van der Waals surface area contributed by atoms with E-state index in [1.54, 1.807) is 0 Å². The molecule has 0 heterocycles. The van der Waals surface area contributed by atoms with Gasteiger partial charge in [-0.2, -0.15) is 0 Å². The van der Waals surface area contributed by atoms with Crippen molar-refractivity contribution in [3.05, 3.63) is 0 Å². The molecule has 20 heavy (non-hydrogen) atoms. The lowest BCUT2D eigenvalue weighted by Gasteiger charge is -2.51. The average Bonchev–Trinajstić information content (AvgIpc) is 2.38. The largest absolute Gasteiger partial charge is 0.469 e. The highest BCUT2D eigenvalue weighted by molar-refractivity contribution is 5.70. The Morgan fingerprint density at radius 2 is 1.75 bits per heavy atom. The van der Waals surface area contributed by atoms with Gasteiger partial charge in [0.2, 0.25) is 0 Å². The highest BCUT2D eigenvalue weighted by Gasteiger charge is 2.48.